The van der Waals surface area contributed by atoms with Gasteiger partial charge in [0.1, 0.15) is 11.6 Å². The number of hydrogen-bond acceptors (Lipinski definition) is 6. The predicted molar refractivity (Wildman–Crippen MR) is 100 cm³/mol. The Hall–Kier alpha value is -2.64. The van der Waals surface area contributed by atoms with Gasteiger partial charge in [0.2, 0.25) is 5.91 Å². The lowest BCUT2D eigenvalue weighted by atomic mass is 10.3. The Balaban J connectivity index is 1.60. The van der Waals surface area contributed by atoms with Gasteiger partial charge in [-0.2, -0.15) is 0 Å². The number of carbonyl (C=O) groups excluding carboxylic acids is 1. The van der Waals surface area contributed by atoms with Gasteiger partial charge in [0.25, 0.3) is 0 Å². The highest BCUT2D eigenvalue weighted by Gasteiger charge is 2.03. The van der Waals surface area contributed by atoms with Crippen molar-refractivity contribution >= 4 is 17.4 Å². The molecule has 3 N–H and O–H groups in total. The van der Waals surface area contributed by atoms with Gasteiger partial charge in [-0.3, -0.25) is 4.79 Å². The second-order valence-electron chi connectivity index (χ2n) is 5.51. The first-order valence-electron chi connectivity index (χ1n) is 8.64. The summed E-state index contributed by atoms with van der Waals surface area (Å²) in [5.74, 6) is 1.44. The highest BCUT2D eigenvalue weighted by Crippen LogP contribution is 2.11. The normalized spacial score (nSPS) is 10.3. The number of pyridine rings is 1. The van der Waals surface area contributed by atoms with Gasteiger partial charge in [-0.05, 0) is 30.7 Å². The number of amides is 1. The van der Waals surface area contributed by atoms with Crippen LogP contribution in [0.25, 0.3) is 0 Å². The number of benzene rings is 1. The minimum Gasteiger partial charge on any atom is -0.494 e. The van der Waals surface area contributed by atoms with E-state index in [-0.39, 0.29) is 12.5 Å². The maximum Gasteiger partial charge on any atom is 0.224 e. The fraction of sp³-hybridized carbons (Fsp3) is 0.368. The second-order valence-corrected chi connectivity index (χ2v) is 5.51. The fourth-order valence-electron chi connectivity index (χ4n) is 2.15. The number of carbonyl (C=O) groups is 1. The zero-order valence-corrected chi connectivity index (χ0v) is 14.7. The number of ether oxygens (including phenoxy) is 2. The van der Waals surface area contributed by atoms with E-state index in [1.165, 1.54) is 0 Å². The first-order valence-corrected chi connectivity index (χ1v) is 8.64. The number of anilines is 2. The summed E-state index contributed by atoms with van der Waals surface area (Å²) in [5, 5.41) is 14.5. The van der Waals surface area contributed by atoms with E-state index in [0.29, 0.717) is 50.7 Å². The molecule has 0 saturated heterocycles. The molecule has 2 rings (SSSR count). The average Bonchev–Trinajstić information content (AvgIpc) is 2.67. The lowest BCUT2D eigenvalue weighted by molar-refractivity contribution is -0.116. The molecule has 0 unspecified atom stereocenters. The van der Waals surface area contributed by atoms with Crippen molar-refractivity contribution in [2.45, 2.75) is 12.8 Å². The number of aromatic nitrogens is 1. The number of nitrogens with zero attached hydrogens (tertiary/aromatic N) is 1. The maximum atomic E-state index is 11.9. The van der Waals surface area contributed by atoms with Crippen molar-refractivity contribution in [1.29, 1.82) is 0 Å². The van der Waals surface area contributed by atoms with Gasteiger partial charge in [0.15, 0.2) is 0 Å². The van der Waals surface area contributed by atoms with Gasteiger partial charge in [-0.25, -0.2) is 4.98 Å². The van der Waals surface area contributed by atoms with Crippen molar-refractivity contribution < 1.29 is 19.4 Å². The smallest absolute Gasteiger partial charge is 0.224 e. The van der Waals surface area contributed by atoms with Gasteiger partial charge < -0.3 is 25.2 Å². The molecule has 26 heavy (non-hydrogen) atoms. The van der Waals surface area contributed by atoms with Crippen LogP contribution in [-0.2, 0) is 9.53 Å². The predicted octanol–water partition coefficient (Wildman–Crippen LogP) is 2.30. The van der Waals surface area contributed by atoms with Crippen LogP contribution in [0, 0.1) is 0 Å². The van der Waals surface area contributed by atoms with Crippen LogP contribution in [0.5, 0.6) is 5.75 Å². The average molecular weight is 359 g/mol. The first-order chi connectivity index (χ1) is 12.8. The van der Waals surface area contributed by atoms with Crippen LogP contribution in [0.15, 0.2) is 48.7 Å². The highest BCUT2D eigenvalue weighted by atomic mass is 16.5. The van der Waals surface area contributed by atoms with E-state index in [2.05, 4.69) is 15.6 Å². The Bertz CT molecular complexity index is 635. The van der Waals surface area contributed by atoms with Crippen molar-refractivity contribution in [1.82, 2.24) is 4.98 Å². The standard InChI is InChI=1S/C19H25N3O4/c23-11-14-25-13-10-20-18-9-8-16(15-21-18)22-19(24)7-4-12-26-17-5-2-1-3-6-17/h1-3,5-6,8-9,15,23H,4,7,10-14H2,(H,20,21)(H,22,24). The molecule has 1 aromatic carbocycles. The molecule has 0 spiro atoms. The maximum absolute atomic E-state index is 11.9. The number of aliphatic hydroxyl groups excluding tert-OH is 1. The second kappa shape index (κ2) is 11.8. The fourth-order valence-corrected chi connectivity index (χ4v) is 2.15. The molecule has 1 heterocycles. The van der Waals surface area contributed by atoms with E-state index in [4.69, 9.17) is 14.6 Å². The molecule has 7 nitrogen and oxygen atoms in total. The van der Waals surface area contributed by atoms with Crippen LogP contribution in [0.1, 0.15) is 12.8 Å². The van der Waals surface area contributed by atoms with E-state index in [9.17, 15) is 4.79 Å². The number of hydrogen-bond donors (Lipinski definition) is 3. The van der Waals surface area contributed by atoms with E-state index >= 15 is 0 Å². The van der Waals surface area contributed by atoms with Gasteiger partial charge in [0, 0.05) is 13.0 Å². The summed E-state index contributed by atoms with van der Waals surface area (Å²) in [4.78, 5) is 16.2. The molecule has 0 bridgehead atoms. The summed E-state index contributed by atoms with van der Waals surface area (Å²) < 4.78 is 10.7. The summed E-state index contributed by atoms with van der Waals surface area (Å²) in [7, 11) is 0. The van der Waals surface area contributed by atoms with Crippen molar-refractivity contribution in [3.63, 3.8) is 0 Å². The van der Waals surface area contributed by atoms with Crippen LogP contribution in [0.4, 0.5) is 11.5 Å². The van der Waals surface area contributed by atoms with E-state index in [1.54, 1.807) is 18.3 Å². The molecular formula is C19H25N3O4. The zero-order chi connectivity index (χ0) is 18.5. The lowest BCUT2D eigenvalue weighted by Crippen LogP contribution is -2.14. The van der Waals surface area contributed by atoms with E-state index in [0.717, 1.165) is 5.75 Å². The third-order valence-corrected chi connectivity index (χ3v) is 3.40. The molecule has 1 aromatic heterocycles. The molecule has 7 heteroatoms. The van der Waals surface area contributed by atoms with Crippen LogP contribution >= 0.6 is 0 Å². The number of para-hydroxylation sites is 1. The molecule has 0 aliphatic carbocycles. The Morgan fingerprint density at radius 1 is 1.08 bits per heavy atom. The summed E-state index contributed by atoms with van der Waals surface area (Å²) in [6, 6.07) is 13.1. The van der Waals surface area contributed by atoms with Gasteiger partial charge in [0.05, 0.1) is 38.3 Å². The number of nitrogens with one attached hydrogen (secondary N) is 2. The van der Waals surface area contributed by atoms with Gasteiger partial charge in [-0.15, -0.1) is 0 Å². The molecule has 140 valence electrons. The summed E-state index contributed by atoms with van der Waals surface area (Å²) in [6.45, 7) is 1.93. The number of rotatable bonds is 12. The van der Waals surface area contributed by atoms with Crippen molar-refractivity contribution in [3.05, 3.63) is 48.7 Å². The van der Waals surface area contributed by atoms with Crippen molar-refractivity contribution in [2.75, 3.05) is 43.6 Å². The number of aliphatic hydroxyl groups is 1. The first kappa shape index (κ1) is 19.7. The minimum absolute atomic E-state index is 0.0189. The molecule has 0 atom stereocenters. The van der Waals surface area contributed by atoms with E-state index < -0.39 is 0 Å². The Labute approximate surface area is 153 Å². The summed E-state index contributed by atoms with van der Waals surface area (Å²) >= 11 is 0. The molecule has 0 aliphatic heterocycles. The minimum atomic E-state index is -0.0680. The van der Waals surface area contributed by atoms with Crippen molar-refractivity contribution in [3.8, 4) is 5.75 Å². The van der Waals surface area contributed by atoms with Gasteiger partial charge in [-0.1, -0.05) is 18.2 Å². The topological polar surface area (TPSA) is 92.7 Å². The zero-order valence-electron chi connectivity index (χ0n) is 14.7. The van der Waals surface area contributed by atoms with Crippen LogP contribution in [0.3, 0.4) is 0 Å². The molecule has 0 aliphatic rings. The lowest BCUT2D eigenvalue weighted by Gasteiger charge is -2.08. The molecule has 0 saturated carbocycles. The Morgan fingerprint density at radius 2 is 1.92 bits per heavy atom. The van der Waals surface area contributed by atoms with E-state index in [1.807, 2.05) is 30.3 Å². The van der Waals surface area contributed by atoms with Crippen LogP contribution in [-0.4, -0.2) is 49.0 Å². The van der Waals surface area contributed by atoms with Crippen LogP contribution < -0.4 is 15.4 Å². The SMILES string of the molecule is O=C(CCCOc1ccccc1)Nc1ccc(NCCOCCO)nc1. The Morgan fingerprint density at radius 3 is 2.65 bits per heavy atom. The molecule has 2 aromatic rings. The van der Waals surface area contributed by atoms with Gasteiger partial charge >= 0.3 is 0 Å². The Kier molecular flexibility index (Phi) is 8.96. The quantitative estimate of drug-likeness (QED) is 0.504. The molecular weight excluding hydrogens is 334 g/mol. The molecule has 0 radical (unpaired) electrons. The summed E-state index contributed by atoms with van der Waals surface area (Å²) in [5.41, 5.74) is 0.654. The third-order valence-electron chi connectivity index (χ3n) is 3.40. The third kappa shape index (κ3) is 7.96. The van der Waals surface area contributed by atoms with Crippen molar-refractivity contribution in [2.24, 2.45) is 0 Å². The van der Waals surface area contributed by atoms with Crippen LogP contribution in [0.2, 0.25) is 0 Å². The largest absolute Gasteiger partial charge is 0.494 e. The molecule has 1 amide bonds. The highest BCUT2D eigenvalue weighted by molar-refractivity contribution is 5.90. The molecule has 0 fully saturated rings. The summed E-state index contributed by atoms with van der Waals surface area (Å²) in [6.07, 6.45) is 2.63. The monoisotopic (exact) mass is 359 g/mol.